The Morgan fingerprint density at radius 1 is 1.22 bits per heavy atom. The number of benzene rings is 2. The number of thioether (sulfide) groups is 1. The average Bonchev–Trinajstić information content (AvgIpc) is 3.20. The standard InChI is InChI=1S/C24H21ClFN3O2S/c1-32-23-17(8-5-11-28-23)24(31)29(21(22(27)30)14-6-3-2-4-7-14)20-10-9-16-18(20)12-15(25)13-19(16)26/h2-8,11-13,20-21H,9-10H2,1H3,(H2,27,30)/t20-,21-/m1/s1. The molecule has 2 amide bonds. The van der Waals surface area contributed by atoms with Gasteiger partial charge in [0.1, 0.15) is 16.9 Å². The Morgan fingerprint density at radius 2 is 1.97 bits per heavy atom. The van der Waals surface area contributed by atoms with Gasteiger partial charge in [0, 0.05) is 11.2 Å². The van der Waals surface area contributed by atoms with Gasteiger partial charge in [-0.05, 0) is 60.1 Å². The number of amides is 2. The number of primary amides is 1. The van der Waals surface area contributed by atoms with E-state index in [2.05, 4.69) is 4.98 Å². The molecule has 3 aromatic rings. The average molecular weight is 470 g/mol. The van der Waals surface area contributed by atoms with Crippen LogP contribution in [0.4, 0.5) is 4.39 Å². The van der Waals surface area contributed by atoms with E-state index in [1.54, 1.807) is 48.7 Å². The predicted molar refractivity (Wildman–Crippen MR) is 123 cm³/mol. The van der Waals surface area contributed by atoms with Crippen LogP contribution in [0.1, 0.15) is 45.6 Å². The molecule has 0 fully saturated rings. The van der Waals surface area contributed by atoms with Crippen LogP contribution in [0.3, 0.4) is 0 Å². The lowest BCUT2D eigenvalue weighted by Crippen LogP contribution is -2.43. The topological polar surface area (TPSA) is 76.3 Å². The fraction of sp³-hybridized carbons (Fsp3) is 0.208. The fourth-order valence-electron chi connectivity index (χ4n) is 4.30. The number of carbonyl (C=O) groups excluding carboxylic acids is 2. The van der Waals surface area contributed by atoms with Gasteiger partial charge in [0.2, 0.25) is 5.91 Å². The Hall–Kier alpha value is -2.90. The minimum atomic E-state index is -1.04. The molecule has 0 spiro atoms. The molecular formula is C24H21ClFN3O2S. The Morgan fingerprint density at radius 3 is 2.66 bits per heavy atom. The molecule has 2 N–H and O–H groups in total. The van der Waals surface area contributed by atoms with Crippen molar-refractivity contribution in [2.75, 3.05) is 6.26 Å². The smallest absolute Gasteiger partial charge is 0.258 e. The van der Waals surface area contributed by atoms with E-state index in [0.29, 0.717) is 40.1 Å². The number of pyridine rings is 1. The van der Waals surface area contributed by atoms with Gasteiger partial charge >= 0.3 is 0 Å². The number of rotatable bonds is 6. The Kier molecular flexibility index (Phi) is 6.48. The molecule has 1 aromatic heterocycles. The van der Waals surface area contributed by atoms with Crippen molar-refractivity contribution in [1.29, 1.82) is 0 Å². The van der Waals surface area contributed by atoms with Gasteiger partial charge in [0.15, 0.2) is 0 Å². The summed E-state index contributed by atoms with van der Waals surface area (Å²) in [6.45, 7) is 0. The molecule has 2 aromatic carbocycles. The molecule has 0 radical (unpaired) electrons. The molecule has 2 atom stereocenters. The molecule has 1 aliphatic carbocycles. The van der Waals surface area contributed by atoms with E-state index in [-0.39, 0.29) is 5.02 Å². The lowest BCUT2D eigenvalue weighted by atomic mass is 9.98. The van der Waals surface area contributed by atoms with Crippen molar-refractivity contribution in [3.8, 4) is 0 Å². The molecule has 0 bridgehead atoms. The SMILES string of the molecule is CSc1ncccc1C(=O)N([C@@H]1CCc2c(F)cc(Cl)cc21)[C@@H](C(N)=O)c1ccccc1. The molecule has 164 valence electrons. The first-order valence-corrected chi connectivity index (χ1v) is 11.7. The summed E-state index contributed by atoms with van der Waals surface area (Å²) >= 11 is 7.49. The van der Waals surface area contributed by atoms with Crippen molar-refractivity contribution in [3.63, 3.8) is 0 Å². The highest BCUT2D eigenvalue weighted by Gasteiger charge is 2.40. The molecular weight excluding hydrogens is 449 g/mol. The number of nitrogens with zero attached hydrogens (tertiary/aromatic N) is 2. The van der Waals surface area contributed by atoms with Gasteiger partial charge in [0.05, 0.1) is 11.6 Å². The van der Waals surface area contributed by atoms with Gasteiger partial charge in [0.25, 0.3) is 5.91 Å². The summed E-state index contributed by atoms with van der Waals surface area (Å²) in [7, 11) is 0. The van der Waals surface area contributed by atoms with Crippen LogP contribution in [0.2, 0.25) is 5.02 Å². The van der Waals surface area contributed by atoms with E-state index in [1.807, 2.05) is 12.3 Å². The van der Waals surface area contributed by atoms with Gasteiger partial charge in [-0.3, -0.25) is 9.59 Å². The van der Waals surface area contributed by atoms with Crippen LogP contribution in [0.15, 0.2) is 65.8 Å². The second kappa shape index (κ2) is 9.30. The number of aromatic nitrogens is 1. The Labute approximate surface area is 194 Å². The van der Waals surface area contributed by atoms with Crippen LogP contribution < -0.4 is 5.73 Å². The van der Waals surface area contributed by atoms with Crippen molar-refractivity contribution in [3.05, 3.63) is 93.9 Å². The van der Waals surface area contributed by atoms with E-state index in [4.69, 9.17) is 17.3 Å². The van der Waals surface area contributed by atoms with Gasteiger partial charge in [-0.2, -0.15) is 0 Å². The molecule has 32 heavy (non-hydrogen) atoms. The number of fused-ring (bicyclic) bond motifs is 1. The zero-order chi connectivity index (χ0) is 22.8. The third kappa shape index (κ3) is 4.10. The van der Waals surface area contributed by atoms with Crippen LogP contribution >= 0.6 is 23.4 Å². The molecule has 0 saturated heterocycles. The molecule has 1 heterocycles. The van der Waals surface area contributed by atoms with Crippen LogP contribution in [-0.4, -0.2) is 28.0 Å². The zero-order valence-corrected chi connectivity index (χ0v) is 18.9. The fourth-order valence-corrected chi connectivity index (χ4v) is 5.06. The minimum absolute atomic E-state index is 0.238. The first-order chi connectivity index (χ1) is 15.4. The highest BCUT2D eigenvalue weighted by Crippen LogP contribution is 2.43. The van der Waals surface area contributed by atoms with E-state index in [1.165, 1.54) is 22.7 Å². The second-order valence-corrected chi connectivity index (χ2v) is 8.73. The molecule has 8 heteroatoms. The Bertz CT molecular complexity index is 1180. The highest BCUT2D eigenvalue weighted by atomic mass is 35.5. The van der Waals surface area contributed by atoms with Crippen molar-refractivity contribution in [1.82, 2.24) is 9.88 Å². The lowest BCUT2D eigenvalue weighted by molar-refractivity contribution is -0.123. The van der Waals surface area contributed by atoms with Crippen LogP contribution in [-0.2, 0) is 11.2 Å². The largest absolute Gasteiger partial charge is 0.368 e. The van der Waals surface area contributed by atoms with Crippen molar-refractivity contribution in [2.24, 2.45) is 5.73 Å². The quantitative estimate of drug-likeness (QED) is 0.518. The summed E-state index contributed by atoms with van der Waals surface area (Å²) in [5.41, 5.74) is 7.89. The third-order valence-corrected chi connectivity index (χ3v) is 6.58. The Balaban J connectivity index is 1.91. The van der Waals surface area contributed by atoms with E-state index in [0.717, 1.165) is 0 Å². The second-order valence-electron chi connectivity index (χ2n) is 7.50. The monoisotopic (exact) mass is 469 g/mol. The molecule has 0 unspecified atom stereocenters. The third-order valence-electron chi connectivity index (χ3n) is 5.65. The van der Waals surface area contributed by atoms with E-state index in [9.17, 15) is 14.0 Å². The summed E-state index contributed by atoms with van der Waals surface area (Å²) in [5, 5.41) is 0.774. The molecule has 0 aliphatic heterocycles. The van der Waals surface area contributed by atoms with E-state index >= 15 is 0 Å². The highest BCUT2D eigenvalue weighted by molar-refractivity contribution is 7.98. The lowest BCUT2D eigenvalue weighted by Gasteiger charge is -2.36. The first kappa shape index (κ1) is 22.3. The van der Waals surface area contributed by atoms with Crippen LogP contribution in [0.25, 0.3) is 0 Å². The van der Waals surface area contributed by atoms with Crippen LogP contribution in [0.5, 0.6) is 0 Å². The van der Waals surface area contributed by atoms with Gasteiger partial charge in [-0.25, -0.2) is 9.37 Å². The maximum absolute atomic E-state index is 14.6. The summed E-state index contributed by atoms with van der Waals surface area (Å²) in [5.74, 6) is -1.48. The van der Waals surface area contributed by atoms with Crippen molar-refractivity contribution < 1.29 is 14.0 Å². The molecule has 5 nitrogen and oxygen atoms in total. The van der Waals surface area contributed by atoms with E-state index < -0.39 is 29.7 Å². The molecule has 1 aliphatic rings. The minimum Gasteiger partial charge on any atom is -0.368 e. The summed E-state index contributed by atoms with van der Waals surface area (Å²) in [4.78, 5) is 32.5. The van der Waals surface area contributed by atoms with Gasteiger partial charge < -0.3 is 10.6 Å². The zero-order valence-electron chi connectivity index (χ0n) is 17.3. The number of hydrogen-bond donors (Lipinski definition) is 1. The predicted octanol–water partition coefficient (Wildman–Crippen LogP) is 4.95. The number of carbonyl (C=O) groups is 2. The van der Waals surface area contributed by atoms with Crippen molar-refractivity contribution >= 4 is 35.2 Å². The normalized spacial score (nSPS) is 15.8. The molecule has 4 rings (SSSR count). The number of halogens is 2. The van der Waals surface area contributed by atoms with Gasteiger partial charge in [-0.15, -0.1) is 11.8 Å². The maximum Gasteiger partial charge on any atom is 0.258 e. The van der Waals surface area contributed by atoms with Gasteiger partial charge in [-0.1, -0.05) is 41.9 Å². The van der Waals surface area contributed by atoms with Crippen molar-refractivity contribution in [2.45, 2.75) is 30.0 Å². The number of hydrogen-bond acceptors (Lipinski definition) is 4. The summed E-state index contributed by atoms with van der Waals surface area (Å²) < 4.78 is 14.6. The van der Waals surface area contributed by atoms with Crippen LogP contribution in [0, 0.1) is 5.82 Å². The summed E-state index contributed by atoms with van der Waals surface area (Å²) in [6, 6.07) is 13.6. The summed E-state index contributed by atoms with van der Waals surface area (Å²) in [6.07, 6.45) is 4.31. The maximum atomic E-state index is 14.6. The molecule has 0 saturated carbocycles. The first-order valence-electron chi connectivity index (χ1n) is 10.1. The number of nitrogens with two attached hydrogens (primary N) is 1.